The molecule has 1 amide bonds. The number of hydrogen-bond acceptors (Lipinski definition) is 4. The van der Waals surface area contributed by atoms with E-state index in [-0.39, 0.29) is 5.91 Å². The maximum atomic E-state index is 11.8. The van der Waals surface area contributed by atoms with Gasteiger partial charge in [0.25, 0.3) is 5.91 Å². The molecule has 1 aliphatic rings. The summed E-state index contributed by atoms with van der Waals surface area (Å²) in [6.07, 6.45) is 0.977. The van der Waals surface area contributed by atoms with Crippen molar-refractivity contribution in [2.24, 2.45) is 0 Å². The predicted molar refractivity (Wildman–Crippen MR) is 66.8 cm³/mol. The normalized spacial score (nSPS) is 15.1. The molecule has 17 heavy (non-hydrogen) atoms. The highest BCUT2D eigenvalue weighted by Gasteiger charge is 2.18. The van der Waals surface area contributed by atoms with E-state index in [9.17, 15) is 4.79 Å². The summed E-state index contributed by atoms with van der Waals surface area (Å²) in [6, 6.07) is 5.26. The number of rotatable bonds is 2. The molecule has 0 aromatic heterocycles. The van der Waals surface area contributed by atoms with Crippen LogP contribution in [0.1, 0.15) is 16.8 Å². The average Bonchev–Trinajstić information content (AvgIpc) is 2.82. The molecule has 5 nitrogen and oxygen atoms in total. The molecule has 0 spiro atoms. The fourth-order valence-electron chi connectivity index (χ4n) is 1.79. The van der Waals surface area contributed by atoms with Crippen molar-refractivity contribution in [2.45, 2.75) is 6.42 Å². The minimum absolute atomic E-state index is 0.0366. The van der Waals surface area contributed by atoms with E-state index < -0.39 is 0 Å². The van der Waals surface area contributed by atoms with Gasteiger partial charge in [0.15, 0.2) is 0 Å². The zero-order chi connectivity index (χ0) is 12.4. The lowest BCUT2D eigenvalue weighted by molar-refractivity contribution is 0.0827. The Bertz CT molecular complexity index is 426. The number of nitrogens with zero attached hydrogens (tertiary/aromatic N) is 2. The van der Waals surface area contributed by atoms with Gasteiger partial charge in [-0.25, -0.2) is 0 Å². The molecule has 1 aliphatic heterocycles. The summed E-state index contributed by atoms with van der Waals surface area (Å²) in [5, 5.41) is 1.75. The van der Waals surface area contributed by atoms with Crippen LogP contribution in [-0.4, -0.2) is 38.1 Å². The molecule has 1 heterocycles. The van der Waals surface area contributed by atoms with Gasteiger partial charge in [-0.2, -0.15) is 0 Å². The van der Waals surface area contributed by atoms with Gasteiger partial charge in [-0.3, -0.25) is 14.7 Å². The molecule has 0 unspecified atom stereocenters. The number of amides is 1. The average molecular weight is 235 g/mol. The molecule has 1 aromatic rings. The first kappa shape index (κ1) is 11.7. The predicted octanol–water partition coefficient (Wildman–Crippen LogP) is 1.11. The number of nitrogen functional groups attached to an aromatic ring is 1. The van der Waals surface area contributed by atoms with Crippen molar-refractivity contribution in [2.75, 3.05) is 38.0 Å². The summed E-state index contributed by atoms with van der Waals surface area (Å²) in [5.41, 5.74) is 7.92. The van der Waals surface area contributed by atoms with Gasteiger partial charge < -0.3 is 10.6 Å². The number of hydrogen-bond donors (Lipinski definition) is 1. The van der Waals surface area contributed by atoms with Gasteiger partial charge in [0.1, 0.15) is 0 Å². The molecule has 92 valence electrons. The second-order valence-corrected chi connectivity index (χ2v) is 4.26. The van der Waals surface area contributed by atoms with Gasteiger partial charge in [0, 0.05) is 26.2 Å². The molecule has 2 N–H and O–H groups in total. The van der Waals surface area contributed by atoms with Gasteiger partial charge in [-0.05, 0) is 24.6 Å². The minimum Gasteiger partial charge on any atom is -0.397 e. The Morgan fingerprint density at radius 2 is 2.24 bits per heavy atom. The second kappa shape index (κ2) is 4.63. The van der Waals surface area contributed by atoms with Gasteiger partial charge >= 0.3 is 0 Å². The Morgan fingerprint density at radius 3 is 2.82 bits per heavy atom. The number of nitrogens with two attached hydrogens (primary N) is 1. The lowest BCUT2D eigenvalue weighted by Crippen LogP contribution is -2.23. The first-order chi connectivity index (χ1) is 8.09. The third-order valence-electron chi connectivity index (χ3n) is 2.70. The van der Waals surface area contributed by atoms with Crippen LogP contribution in [0.2, 0.25) is 0 Å². The number of anilines is 2. The molecule has 0 saturated carbocycles. The lowest BCUT2D eigenvalue weighted by atomic mass is 10.1. The van der Waals surface area contributed by atoms with Crippen LogP contribution in [0.4, 0.5) is 11.4 Å². The van der Waals surface area contributed by atoms with Crippen molar-refractivity contribution in [3.8, 4) is 0 Å². The van der Waals surface area contributed by atoms with E-state index >= 15 is 0 Å². The van der Waals surface area contributed by atoms with Crippen LogP contribution in [-0.2, 0) is 4.84 Å². The third kappa shape index (κ3) is 2.34. The van der Waals surface area contributed by atoms with E-state index in [0.717, 1.165) is 18.7 Å². The Morgan fingerprint density at radius 1 is 1.47 bits per heavy atom. The number of carbonyl (C=O) groups is 1. The fourth-order valence-corrected chi connectivity index (χ4v) is 1.79. The number of carbonyl (C=O) groups excluding carboxylic acids is 1. The van der Waals surface area contributed by atoms with E-state index in [0.29, 0.717) is 17.9 Å². The Hall–Kier alpha value is -1.75. The van der Waals surface area contributed by atoms with Crippen LogP contribution in [0.3, 0.4) is 0 Å². The monoisotopic (exact) mass is 235 g/mol. The molecule has 0 atom stereocenters. The van der Waals surface area contributed by atoms with E-state index in [2.05, 4.69) is 0 Å². The quantitative estimate of drug-likeness (QED) is 0.780. The largest absolute Gasteiger partial charge is 0.397 e. The van der Waals surface area contributed by atoms with Crippen molar-refractivity contribution in [1.29, 1.82) is 0 Å². The summed E-state index contributed by atoms with van der Waals surface area (Å²) in [6.45, 7) is 1.51. The van der Waals surface area contributed by atoms with Crippen molar-refractivity contribution >= 4 is 17.3 Å². The van der Waals surface area contributed by atoms with E-state index in [1.807, 2.05) is 0 Å². The summed E-state index contributed by atoms with van der Waals surface area (Å²) < 4.78 is 0. The Kier molecular flexibility index (Phi) is 3.19. The van der Waals surface area contributed by atoms with Crippen LogP contribution in [0.15, 0.2) is 18.2 Å². The molecular weight excluding hydrogens is 218 g/mol. The third-order valence-corrected chi connectivity index (χ3v) is 2.70. The summed E-state index contributed by atoms with van der Waals surface area (Å²) in [4.78, 5) is 18.8. The van der Waals surface area contributed by atoms with Gasteiger partial charge in [-0.15, -0.1) is 0 Å². The Balaban J connectivity index is 2.32. The SMILES string of the molecule is CN(C)C(=O)c1ccc(N)c(N2CCCO2)c1. The maximum absolute atomic E-state index is 11.8. The van der Waals surface area contributed by atoms with Gasteiger partial charge in [0.05, 0.1) is 18.0 Å². The zero-order valence-corrected chi connectivity index (χ0v) is 10.1. The maximum Gasteiger partial charge on any atom is 0.253 e. The number of benzene rings is 1. The topological polar surface area (TPSA) is 58.8 Å². The minimum atomic E-state index is -0.0366. The van der Waals surface area contributed by atoms with Crippen LogP contribution in [0, 0.1) is 0 Å². The standard InChI is InChI=1S/C12H17N3O2/c1-14(2)12(16)9-4-5-10(13)11(8-9)15-6-3-7-17-15/h4-5,8H,3,6-7,13H2,1-2H3. The molecule has 5 heteroatoms. The summed E-state index contributed by atoms with van der Waals surface area (Å²) >= 11 is 0. The van der Waals surface area contributed by atoms with Crippen molar-refractivity contribution < 1.29 is 9.63 Å². The summed E-state index contributed by atoms with van der Waals surface area (Å²) in [5.74, 6) is -0.0366. The molecule has 1 saturated heterocycles. The molecule has 1 fully saturated rings. The molecule has 0 bridgehead atoms. The van der Waals surface area contributed by atoms with Crippen LogP contribution in [0.25, 0.3) is 0 Å². The zero-order valence-electron chi connectivity index (χ0n) is 10.1. The van der Waals surface area contributed by atoms with Gasteiger partial charge in [0.2, 0.25) is 0 Å². The fraction of sp³-hybridized carbons (Fsp3) is 0.417. The first-order valence-electron chi connectivity index (χ1n) is 5.61. The highest BCUT2D eigenvalue weighted by atomic mass is 16.7. The Labute approximate surface area is 101 Å². The van der Waals surface area contributed by atoms with Crippen LogP contribution >= 0.6 is 0 Å². The summed E-state index contributed by atoms with van der Waals surface area (Å²) in [7, 11) is 3.45. The molecule has 1 aromatic carbocycles. The highest BCUT2D eigenvalue weighted by molar-refractivity contribution is 5.95. The van der Waals surface area contributed by atoms with E-state index in [4.69, 9.17) is 10.6 Å². The first-order valence-corrected chi connectivity index (χ1v) is 5.61. The van der Waals surface area contributed by atoms with Crippen molar-refractivity contribution in [3.63, 3.8) is 0 Å². The van der Waals surface area contributed by atoms with Crippen molar-refractivity contribution in [1.82, 2.24) is 4.90 Å². The number of hydroxylamine groups is 1. The van der Waals surface area contributed by atoms with Crippen LogP contribution < -0.4 is 10.8 Å². The van der Waals surface area contributed by atoms with E-state index in [1.165, 1.54) is 0 Å². The van der Waals surface area contributed by atoms with Crippen LogP contribution in [0.5, 0.6) is 0 Å². The van der Waals surface area contributed by atoms with E-state index in [1.54, 1.807) is 42.3 Å². The second-order valence-electron chi connectivity index (χ2n) is 4.26. The van der Waals surface area contributed by atoms with Gasteiger partial charge in [-0.1, -0.05) is 0 Å². The van der Waals surface area contributed by atoms with Crippen molar-refractivity contribution in [3.05, 3.63) is 23.8 Å². The molecule has 0 radical (unpaired) electrons. The smallest absolute Gasteiger partial charge is 0.253 e. The molecular formula is C12H17N3O2. The lowest BCUT2D eigenvalue weighted by Gasteiger charge is -2.19. The molecule has 0 aliphatic carbocycles. The molecule has 2 rings (SSSR count). The highest BCUT2D eigenvalue weighted by Crippen LogP contribution is 2.27.